The third-order valence-electron chi connectivity index (χ3n) is 5.23. The van der Waals surface area contributed by atoms with Gasteiger partial charge in [0.1, 0.15) is 0 Å². The van der Waals surface area contributed by atoms with Crippen LogP contribution in [0.3, 0.4) is 0 Å². The van der Waals surface area contributed by atoms with Gasteiger partial charge in [-0.25, -0.2) is 0 Å². The van der Waals surface area contributed by atoms with Crippen LogP contribution in [0.1, 0.15) is 32.1 Å². The van der Waals surface area contributed by atoms with E-state index in [0.29, 0.717) is 36.2 Å². The van der Waals surface area contributed by atoms with Gasteiger partial charge in [0.15, 0.2) is 6.29 Å². The minimum Gasteiger partial charge on any atom is -0.396 e. The van der Waals surface area contributed by atoms with Crippen LogP contribution in [0.5, 0.6) is 0 Å². The van der Waals surface area contributed by atoms with Gasteiger partial charge in [0, 0.05) is 12.5 Å². The van der Waals surface area contributed by atoms with Gasteiger partial charge in [-0.2, -0.15) is 0 Å². The molecular weight excluding hydrogens is 228 g/mol. The number of ether oxygens (including phenoxy) is 1. The SMILES string of the molecule is OCC1CCCC1COC(O)C1CC2C=CC1C2. The van der Waals surface area contributed by atoms with Gasteiger partial charge in [0.05, 0.1) is 6.61 Å². The van der Waals surface area contributed by atoms with Crippen LogP contribution in [0.25, 0.3) is 0 Å². The summed E-state index contributed by atoms with van der Waals surface area (Å²) >= 11 is 0. The Balaban J connectivity index is 1.47. The lowest BCUT2D eigenvalue weighted by molar-refractivity contribution is -0.150. The summed E-state index contributed by atoms with van der Waals surface area (Å²) in [5.41, 5.74) is 0. The fourth-order valence-corrected chi connectivity index (χ4v) is 4.07. The van der Waals surface area contributed by atoms with Gasteiger partial charge in [-0.1, -0.05) is 18.6 Å². The van der Waals surface area contributed by atoms with Crippen molar-refractivity contribution >= 4 is 0 Å². The fraction of sp³-hybridized carbons (Fsp3) is 0.867. The van der Waals surface area contributed by atoms with Crippen LogP contribution in [0, 0.1) is 29.6 Å². The van der Waals surface area contributed by atoms with E-state index in [9.17, 15) is 10.2 Å². The van der Waals surface area contributed by atoms with E-state index in [4.69, 9.17) is 4.74 Å². The summed E-state index contributed by atoms with van der Waals surface area (Å²) in [5, 5.41) is 19.4. The zero-order valence-electron chi connectivity index (χ0n) is 10.9. The normalized spacial score (nSPS) is 43.8. The smallest absolute Gasteiger partial charge is 0.157 e. The number of aliphatic hydroxyl groups excluding tert-OH is 2. The first-order valence-electron chi connectivity index (χ1n) is 7.36. The highest BCUT2D eigenvalue weighted by Gasteiger charge is 2.40. The molecule has 2 fully saturated rings. The summed E-state index contributed by atoms with van der Waals surface area (Å²) in [4.78, 5) is 0. The molecule has 3 aliphatic rings. The monoisotopic (exact) mass is 252 g/mol. The number of allylic oxidation sites excluding steroid dienone is 2. The van der Waals surface area contributed by atoms with Crippen LogP contribution in [-0.4, -0.2) is 29.7 Å². The maximum atomic E-state index is 10.2. The van der Waals surface area contributed by atoms with E-state index < -0.39 is 6.29 Å². The maximum Gasteiger partial charge on any atom is 0.157 e. The van der Waals surface area contributed by atoms with Gasteiger partial charge >= 0.3 is 0 Å². The Morgan fingerprint density at radius 1 is 1.17 bits per heavy atom. The van der Waals surface area contributed by atoms with Gasteiger partial charge in [0.2, 0.25) is 0 Å². The van der Waals surface area contributed by atoms with Crippen molar-refractivity contribution in [3.05, 3.63) is 12.2 Å². The predicted octanol–water partition coefficient (Wildman–Crippen LogP) is 1.94. The molecule has 0 aromatic heterocycles. The Morgan fingerprint density at radius 3 is 2.67 bits per heavy atom. The molecule has 3 nitrogen and oxygen atoms in total. The largest absolute Gasteiger partial charge is 0.396 e. The fourth-order valence-electron chi connectivity index (χ4n) is 4.07. The first-order valence-corrected chi connectivity index (χ1v) is 7.36. The summed E-state index contributed by atoms with van der Waals surface area (Å²) in [6.07, 6.45) is 9.64. The lowest BCUT2D eigenvalue weighted by Crippen LogP contribution is -2.30. The molecule has 3 rings (SSSR count). The molecule has 2 N–H and O–H groups in total. The summed E-state index contributed by atoms with van der Waals surface area (Å²) in [6, 6.07) is 0. The molecule has 0 spiro atoms. The van der Waals surface area contributed by atoms with Gasteiger partial charge in [0.25, 0.3) is 0 Å². The van der Waals surface area contributed by atoms with Crippen molar-refractivity contribution in [3.63, 3.8) is 0 Å². The highest BCUT2D eigenvalue weighted by Crippen LogP contribution is 2.45. The molecular formula is C15H24O3. The van der Waals surface area contributed by atoms with Crippen molar-refractivity contribution in [2.75, 3.05) is 13.2 Å². The molecule has 6 unspecified atom stereocenters. The van der Waals surface area contributed by atoms with Crippen molar-refractivity contribution in [2.45, 2.75) is 38.4 Å². The van der Waals surface area contributed by atoms with E-state index in [1.807, 2.05) is 0 Å². The maximum absolute atomic E-state index is 10.2. The molecule has 3 heteroatoms. The van der Waals surface area contributed by atoms with Crippen LogP contribution in [0.4, 0.5) is 0 Å². The summed E-state index contributed by atoms with van der Waals surface area (Å²) in [7, 11) is 0. The van der Waals surface area contributed by atoms with Crippen molar-refractivity contribution in [1.82, 2.24) is 0 Å². The second kappa shape index (κ2) is 5.32. The number of hydrogen-bond donors (Lipinski definition) is 2. The average Bonchev–Trinajstić information content (AvgIpc) is 3.10. The molecule has 6 atom stereocenters. The minimum absolute atomic E-state index is 0.265. The molecule has 2 saturated carbocycles. The highest BCUT2D eigenvalue weighted by atomic mass is 16.6. The van der Waals surface area contributed by atoms with E-state index in [-0.39, 0.29) is 6.61 Å². The predicted molar refractivity (Wildman–Crippen MR) is 68.7 cm³/mol. The third-order valence-corrected chi connectivity index (χ3v) is 5.23. The molecule has 0 saturated heterocycles. The van der Waals surface area contributed by atoms with E-state index in [1.165, 1.54) is 12.8 Å². The minimum atomic E-state index is -0.607. The van der Waals surface area contributed by atoms with E-state index >= 15 is 0 Å². The summed E-state index contributed by atoms with van der Waals surface area (Å²) in [5.74, 6) is 2.34. The van der Waals surface area contributed by atoms with Crippen molar-refractivity contribution in [3.8, 4) is 0 Å². The van der Waals surface area contributed by atoms with Crippen LogP contribution in [0.15, 0.2) is 12.2 Å². The Kier molecular flexibility index (Phi) is 3.73. The van der Waals surface area contributed by atoms with Crippen molar-refractivity contribution in [1.29, 1.82) is 0 Å². The molecule has 0 aromatic rings. The lowest BCUT2D eigenvalue weighted by atomic mass is 9.93. The van der Waals surface area contributed by atoms with Crippen molar-refractivity contribution in [2.24, 2.45) is 29.6 Å². The molecule has 0 aliphatic heterocycles. The summed E-state index contributed by atoms with van der Waals surface area (Å²) < 4.78 is 5.71. The van der Waals surface area contributed by atoms with Gasteiger partial charge in [-0.15, -0.1) is 0 Å². The average molecular weight is 252 g/mol. The lowest BCUT2D eigenvalue weighted by Gasteiger charge is -2.26. The van der Waals surface area contributed by atoms with Crippen LogP contribution in [-0.2, 0) is 4.74 Å². The number of hydrogen-bond acceptors (Lipinski definition) is 3. The topological polar surface area (TPSA) is 49.7 Å². The van der Waals surface area contributed by atoms with Gasteiger partial charge in [-0.3, -0.25) is 0 Å². The molecule has 2 bridgehead atoms. The van der Waals surface area contributed by atoms with E-state index in [2.05, 4.69) is 12.2 Å². The quantitative estimate of drug-likeness (QED) is 0.581. The Morgan fingerprint density at radius 2 is 2.00 bits per heavy atom. The third kappa shape index (κ3) is 2.36. The first kappa shape index (κ1) is 12.6. The highest BCUT2D eigenvalue weighted by molar-refractivity contribution is 5.10. The van der Waals surface area contributed by atoms with Crippen LogP contribution < -0.4 is 0 Å². The summed E-state index contributed by atoms with van der Waals surface area (Å²) in [6.45, 7) is 0.880. The van der Waals surface area contributed by atoms with E-state index in [1.54, 1.807) is 0 Å². The van der Waals surface area contributed by atoms with Crippen LogP contribution in [0.2, 0.25) is 0 Å². The van der Waals surface area contributed by atoms with Crippen molar-refractivity contribution < 1.29 is 14.9 Å². The molecule has 0 aromatic carbocycles. The number of fused-ring (bicyclic) bond motifs is 2. The van der Waals surface area contributed by atoms with Crippen LogP contribution >= 0.6 is 0 Å². The molecule has 18 heavy (non-hydrogen) atoms. The second-order valence-electron chi connectivity index (χ2n) is 6.30. The van der Waals surface area contributed by atoms with Gasteiger partial charge < -0.3 is 14.9 Å². The first-order chi connectivity index (χ1) is 8.78. The molecule has 3 aliphatic carbocycles. The second-order valence-corrected chi connectivity index (χ2v) is 6.30. The number of rotatable bonds is 5. The molecule has 0 radical (unpaired) electrons. The van der Waals surface area contributed by atoms with Gasteiger partial charge in [-0.05, 0) is 49.4 Å². The molecule has 102 valence electrons. The zero-order valence-corrected chi connectivity index (χ0v) is 10.9. The zero-order chi connectivity index (χ0) is 12.5. The Bertz CT molecular complexity index is 315. The molecule has 0 heterocycles. The molecule has 0 amide bonds. The standard InChI is InChI=1S/C15H24O3/c16-8-12-2-1-3-13(12)9-18-15(17)14-7-10-4-5-11(14)6-10/h4-5,10-17H,1-3,6-9H2. The Hall–Kier alpha value is -0.380. The number of aliphatic hydroxyl groups is 2. The Labute approximate surface area is 109 Å². The van der Waals surface area contributed by atoms with E-state index in [0.717, 1.165) is 19.3 Å².